The molecule has 1 rings (SSSR count). The van der Waals surface area contributed by atoms with Gasteiger partial charge < -0.3 is 4.74 Å². The minimum atomic E-state index is -0.903. The summed E-state index contributed by atoms with van der Waals surface area (Å²) >= 11 is 11.4. The SMILES string of the molecule is CC(C)(OC(=O)c1cc[c]cc1)C(Cl)Cl. The summed E-state index contributed by atoms with van der Waals surface area (Å²) in [5, 5.41) is 0. The second-order valence-electron chi connectivity index (χ2n) is 3.58. The van der Waals surface area contributed by atoms with E-state index in [0.717, 1.165) is 0 Å². The molecule has 0 atom stereocenters. The second-order valence-corrected chi connectivity index (χ2v) is 4.68. The Morgan fingerprint density at radius 2 is 1.93 bits per heavy atom. The monoisotopic (exact) mass is 245 g/mol. The molecule has 1 aromatic rings. The molecule has 0 aliphatic heterocycles. The van der Waals surface area contributed by atoms with Gasteiger partial charge in [-0.25, -0.2) is 4.79 Å². The van der Waals surface area contributed by atoms with Gasteiger partial charge in [0, 0.05) is 0 Å². The summed E-state index contributed by atoms with van der Waals surface area (Å²) in [6.07, 6.45) is 0. The van der Waals surface area contributed by atoms with Gasteiger partial charge in [-0.1, -0.05) is 12.1 Å². The molecule has 0 aliphatic carbocycles. The van der Waals surface area contributed by atoms with E-state index in [0.29, 0.717) is 5.56 Å². The van der Waals surface area contributed by atoms with E-state index < -0.39 is 16.4 Å². The van der Waals surface area contributed by atoms with Crippen LogP contribution in [0.1, 0.15) is 24.2 Å². The molecule has 81 valence electrons. The predicted molar refractivity (Wildman–Crippen MR) is 60.3 cm³/mol. The molecule has 0 spiro atoms. The average Bonchev–Trinajstić information content (AvgIpc) is 2.18. The summed E-state index contributed by atoms with van der Waals surface area (Å²) in [7, 11) is 0. The van der Waals surface area contributed by atoms with E-state index in [2.05, 4.69) is 6.07 Å². The Morgan fingerprint density at radius 3 is 2.40 bits per heavy atom. The summed E-state index contributed by atoms with van der Waals surface area (Å²) in [5.41, 5.74) is -0.449. The lowest BCUT2D eigenvalue weighted by molar-refractivity contribution is 0.00466. The van der Waals surface area contributed by atoms with Crippen LogP contribution in [-0.2, 0) is 4.74 Å². The first-order chi connectivity index (χ1) is 6.93. The number of halogens is 2. The number of esters is 1. The van der Waals surface area contributed by atoms with Crippen LogP contribution in [0.3, 0.4) is 0 Å². The van der Waals surface area contributed by atoms with E-state index in [1.54, 1.807) is 38.1 Å². The van der Waals surface area contributed by atoms with Crippen LogP contribution < -0.4 is 0 Å². The van der Waals surface area contributed by atoms with Crippen LogP contribution in [0.2, 0.25) is 0 Å². The Kier molecular flexibility index (Phi) is 4.00. The van der Waals surface area contributed by atoms with Gasteiger partial charge in [0.2, 0.25) is 0 Å². The minimum Gasteiger partial charge on any atom is -0.453 e. The first-order valence-corrected chi connectivity index (χ1v) is 5.28. The molecule has 0 unspecified atom stereocenters. The maximum Gasteiger partial charge on any atom is 0.338 e. The van der Waals surface area contributed by atoms with E-state index in [9.17, 15) is 4.79 Å². The number of carbonyl (C=O) groups excluding carboxylic acids is 1. The Balaban J connectivity index is 2.73. The van der Waals surface area contributed by atoms with Crippen LogP contribution in [0.25, 0.3) is 0 Å². The van der Waals surface area contributed by atoms with Gasteiger partial charge in [0.1, 0.15) is 10.4 Å². The minimum absolute atomic E-state index is 0.444. The van der Waals surface area contributed by atoms with E-state index in [1.807, 2.05) is 0 Å². The zero-order valence-corrected chi connectivity index (χ0v) is 9.97. The highest BCUT2D eigenvalue weighted by atomic mass is 35.5. The molecule has 0 heterocycles. The van der Waals surface area contributed by atoms with Crippen molar-refractivity contribution in [2.45, 2.75) is 24.3 Å². The molecular formula is C11H11Cl2O2. The Hall–Kier alpha value is -0.730. The normalized spacial score (nSPS) is 11.5. The van der Waals surface area contributed by atoms with Crippen LogP contribution in [-0.4, -0.2) is 16.4 Å². The third kappa shape index (κ3) is 3.40. The maximum atomic E-state index is 11.6. The van der Waals surface area contributed by atoms with Crippen molar-refractivity contribution in [2.24, 2.45) is 0 Å². The molecule has 0 bridgehead atoms. The predicted octanol–water partition coefficient (Wildman–Crippen LogP) is 3.23. The van der Waals surface area contributed by atoms with Gasteiger partial charge in [-0.3, -0.25) is 0 Å². The Morgan fingerprint density at radius 1 is 1.40 bits per heavy atom. The molecular weight excluding hydrogens is 235 g/mol. The van der Waals surface area contributed by atoms with Crippen LogP contribution >= 0.6 is 23.2 Å². The lowest BCUT2D eigenvalue weighted by Gasteiger charge is -2.26. The van der Waals surface area contributed by atoms with Crippen molar-refractivity contribution in [3.63, 3.8) is 0 Å². The standard InChI is InChI=1S/C11H11Cl2O2/c1-11(2,10(12)13)15-9(14)8-6-4-3-5-7-8/h4-7,10H,1-2H3. The molecule has 15 heavy (non-hydrogen) atoms. The molecule has 2 nitrogen and oxygen atoms in total. The first kappa shape index (κ1) is 12.3. The van der Waals surface area contributed by atoms with Gasteiger partial charge in [-0.2, -0.15) is 0 Å². The summed E-state index contributed by atoms with van der Waals surface area (Å²) in [6, 6.07) is 9.34. The maximum absolute atomic E-state index is 11.6. The number of benzene rings is 1. The highest BCUT2D eigenvalue weighted by Gasteiger charge is 2.30. The van der Waals surface area contributed by atoms with Gasteiger partial charge in [0.15, 0.2) is 0 Å². The van der Waals surface area contributed by atoms with Crippen LogP contribution in [0.5, 0.6) is 0 Å². The fraction of sp³-hybridized carbons (Fsp3) is 0.364. The van der Waals surface area contributed by atoms with Crippen molar-refractivity contribution in [2.75, 3.05) is 0 Å². The molecule has 0 aromatic heterocycles. The molecule has 0 saturated carbocycles. The Labute approximate surface area is 99.1 Å². The van der Waals surface area contributed by atoms with Crippen molar-refractivity contribution in [3.8, 4) is 0 Å². The van der Waals surface area contributed by atoms with E-state index >= 15 is 0 Å². The number of alkyl halides is 2. The van der Waals surface area contributed by atoms with Gasteiger partial charge >= 0.3 is 5.97 Å². The second kappa shape index (κ2) is 4.86. The molecule has 4 heteroatoms. The lowest BCUT2D eigenvalue weighted by atomic mass is 10.1. The zero-order chi connectivity index (χ0) is 11.5. The lowest BCUT2D eigenvalue weighted by Crippen LogP contribution is -2.34. The molecule has 0 amide bonds. The fourth-order valence-electron chi connectivity index (χ4n) is 0.865. The summed E-state index contributed by atoms with van der Waals surface area (Å²) in [6.45, 7) is 3.31. The van der Waals surface area contributed by atoms with Crippen LogP contribution in [0, 0.1) is 6.07 Å². The molecule has 0 saturated heterocycles. The third-order valence-corrected chi connectivity index (χ3v) is 2.89. The number of carbonyl (C=O) groups is 1. The van der Waals surface area contributed by atoms with Crippen molar-refractivity contribution in [1.29, 1.82) is 0 Å². The van der Waals surface area contributed by atoms with Gasteiger partial charge in [0.25, 0.3) is 0 Å². The molecule has 0 fully saturated rings. The number of ether oxygens (including phenoxy) is 1. The molecule has 0 N–H and O–H groups in total. The van der Waals surface area contributed by atoms with Crippen molar-refractivity contribution in [3.05, 3.63) is 35.9 Å². The quantitative estimate of drug-likeness (QED) is 0.604. The third-order valence-electron chi connectivity index (χ3n) is 1.84. The van der Waals surface area contributed by atoms with Gasteiger partial charge in [0.05, 0.1) is 5.56 Å². The summed E-state index contributed by atoms with van der Waals surface area (Å²) < 4.78 is 5.17. The van der Waals surface area contributed by atoms with E-state index in [4.69, 9.17) is 27.9 Å². The van der Waals surface area contributed by atoms with Crippen LogP contribution in [0.15, 0.2) is 24.3 Å². The average molecular weight is 246 g/mol. The highest BCUT2D eigenvalue weighted by Crippen LogP contribution is 2.24. The zero-order valence-electron chi connectivity index (χ0n) is 8.46. The van der Waals surface area contributed by atoms with Crippen molar-refractivity contribution < 1.29 is 9.53 Å². The molecule has 0 aliphatic rings. The smallest absolute Gasteiger partial charge is 0.338 e. The first-order valence-electron chi connectivity index (χ1n) is 4.41. The van der Waals surface area contributed by atoms with E-state index in [1.165, 1.54) is 0 Å². The van der Waals surface area contributed by atoms with Gasteiger partial charge in [-0.05, 0) is 32.0 Å². The van der Waals surface area contributed by atoms with Gasteiger partial charge in [-0.15, -0.1) is 23.2 Å². The highest BCUT2D eigenvalue weighted by molar-refractivity contribution is 6.45. The topological polar surface area (TPSA) is 26.3 Å². The van der Waals surface area contributed by atoms with E-state index in [-0.39, 0.29) is 0 Å². The molecule has 1 aromatic carbocycles. The Bertz CT molecular complexity index is 334. The number of hydrogen-bond acceptors (Lipinski definition) is 2. The largest absolute Gasteiger partial charge is 0.453 e. The summed E-state index contributed by atoms with van der Waals surface area (Å²) in [4.78, 5) is 10.8. The van der Waals surface area contributed by atoms with Crippen molar-refractivity contribution >= 4 is 29.2 Å². The van der Waals surface area contributed by atoms with Crippen molar-refractivity contribution in [1.82, 2.24) is 0 Å². The number of hydrogen-bond donors (Lipinski definition) is 0. The molecule has 1 radical (unpaired) electrons. The fourth-order valence-corrected chi connectivity index (χ4v) is 0.954. The summed E-state index contributed by atoms with van der Waals surface area (Å²) in [5.74, 6) is -0.444. The van der Waals surface area contributed by atoms with Crippen LogP contribution in [0.4, 0.5) is 0 Å². The number of rotatable bonds is 3.